The van der Waals surface area contributed by atoms with Crippen molar-refractivity contribution in [3.05, 3.63) is 39.3 Å². The Balaban J connectivity index is 1.59. The van der Waals surface area contributed by atoms with Gasteiger partial charge in [0.05, 0.1) is 26.5 Å². The number of hydrogen-bond donors (Lipinski definition) is 0. The van der Waals surface area contributed by atoms with Gasteiger partial charge in [-0.05, 0) is 32.0 Å². The highest BCUT2D eigenvalue weighted by Gasteiger charge is 2.23. The highest BCUT2D eigenvalue weighted by Crippen LogP contribution is 2.28. The van der Waals surface area contributed by atoms with E-state index in [0.717, 1.165) is 43.4 Å². The fourth-order valence-corrected chi connectivity index (χ4v) is 4.04. The van der Waals surface area contributed by atoms with Gasteiger partial charge in [-0.25, -0.2) is 4.98 Å². The molecule has 0 spiro atoms. The summed E-state index contributed by atoms with van der Waals surface area (Å²) in [6.07, 6.45) is 0. The molecule has 1 amide bonds. The minimum absolute atomic E-state index is 0.0338. The Labute approximate surface area is 158 Å². The topological polar surface area (TPSA) is 54.9 Å². The standard InChI is InChI=1S/C19H25N3O3S/c1-13-14(2)26-18(20-13)12-21-7-9-22(10-8-21)19(23)15-5-6-16(24-3)17(11-15)25-4/h5-6,11H,7-10,12H2,1-4H3. The second-order valence-electron chi connectivity index (χ2n) is 6.39. The molecule has 1 fully saturated rings. The van der Waals surface area contributed by atoms with Crippen LogP contribution >= 0.6 is 11.3 Å². The van der Waals surface area contributed by atoms with Gasteiger partial charge in [0.2, 0.25) is 0 Å². The fourth-order valence-electron chi connectivity index (χ4n) is 3.06. The van der Waals surface area contributed by atoms with Crippen molar-refractivity contribution in [1.82, 2.24) is 14.8 Å². The summed E-state index contributed by atoms with van der Waals surface area (Å²) in [4.78, 5) is 22.9. The number of carbonyl (C=O) groups excluding carboxylic acids is 1. The van der Waals surface area contributed by atoms with Crippen LogP contribution in [0.25, 0.3) is 0 Å². The first kappa shape index (κ1) is 18.7. The minimum Gasteiger partial charge on any atom is -0.493 e. The molecule has 140 valence electrons. The molecule has 1 aliphatic heterocycles. The van der Waals surface area contributed by atoms with Gasteiger partial charge < -0.3 is 14.4 Å². The number of methoxy groups -OCH3 is 2. The summed E-state index contributed by atoms with van der Waals surface area (Å²) in [5, 5.41) is 1.15. The van der Waals surface area contributed by atoms with Crippen LogP contribution in [0, 0.1) is 13.8 Å². The maximum atomic E-state index is 12.8. The van der Waals surface area contributed by atoms with Gasteiger partial charge in [0.25, 0.3) is 5.91 Å². The number of rotatable bonds is 5. The van der Waals surface area contributed by atoms with Crippen LogP contribution in [0.15, 0.2) is 18.2 Å². The van der Waals surface area contributed by atoms with E-state index < -0.39 is 0 Å². The molecule has 0 saturated carbocycles. The number of aromatic nitrogens is 1. The Bertz CT molecular complexity index is 763. The van der Waals surface area contributed by atoms with Crippen LogP contribution in [0.1, 0.15) is 25.9 Å². The van der Waals surface area contributed by atoms with Crippen molar-refractivity contribution in [2.24, 2.45) is 0 Å². The van der Waals surface area contributed by atoms with Crippen molar-refractivity contribution in [1.29, 1.82) is 0 Å². The molecule has 6 nitrogen and oxygen atoms in total. The molecule has 1 saturated heterocycles. The molecule has 1 aromatic heterocycles. The van der Waals surface area contributed by atoms with Crippen molar-refractivity contribution in [2.75, 3.05) is 40.4 Å². The molecule has 26 heavy (non-hydrogen) atoms. The fraction of sp³-hybridized carbons (Fsp3) is 0.474. The van der Waals surface area contributed by atoms with Crippen molar-refractivity contribution in [3.8, 4) is 11.5 Å². The van der Waals surface area contributed by atoms with E-state index >= 15 is 0 Å². The van der Waals surface area contributed by atoms with Crippen LogP contribution < -0.4 is 9.47 Å². The Morgan fingerprint density at radius 1 is 1.12 bits per heavy atom. The molecule has 0 radical (unpaired) electrons. The number of carbonyl (C=O) groups is 1. The molecule has 0 bridgehead atoms. The summed E-state index contributed by atoms with van der Waals surface area (Å²) >= 11 is 1.76. The smallest absolute Gasteiger partial charge is 0.254 e. The summed E-state index contributed by atoms with van der Waals surface area (Å²) in [7, 11) is 3.16. The second-order valence-corrected chi connectivity index (χ2v) is 7.68. The molecule has 2 aromatic rings. The number of amides is 1. The van der Waals surface area contributed by atoms with Crippen LogP contribution in [-0.2, 0) is 6.54 Å². The first-order chi connectivity index (χ1) is 12.5. The lowest BCUT2D eigenvalue weighted by atomic mass is 10.1. The molecular formula is C19H25N3O3S. The van der Waals surface area contributed by atoms with Gasteiger partial charge in [-0.3, -0.25) is 9.69 Å². The molecule has 0 aliphatic carbocycles. The van der Waals surface area contributed by atoms with E-state index in [1.165, 1.54) is 4.88 Å². The van der Waals surface area contributed by atoms with Gasteiger partial charge in [0.1, 0.15) is 5.01 Å². The third kappa shape index (κ3) is 3.99. The average molecular weight is 375 g/mol. The third-order valence-electron chi connectivity index (χ3n) is 4.72. The summed E-state index contributed by atoms with van der Waals surface area (Å²) in [6, 6.07) is 5.31. The monoisotopic (exact) mass is 375 g/mol. The number of nitrogens with zero attached hydrogens (tertiary/aromatic N) is 3. The highest BCUT2D eigenvalue weighted by molar-refractivity contribution is 7.11. The lowest BCUT2D eigenvalue weighted by Crippen LogP contribution is -2.48. The van der Waals surface area contributed by atoms with Gasteiger partial charge in [-0.1, -0.05) is 0 Å². The number of piperazine rings is 1. The number of ether oxygens (including phenoxy) is 2. The molecule has 1 aromatic carbocycles. The van der Waals surface area contributed by atoms with Crippen molar-refractivity contribution in [2.45, 2.75) is 20.4 Å². The Kier molecular flexibility index (Phi) is 5.78. The molecule has 0 N–H and O–H groups in total. The average Bonchev–Trinajstić information content (AvgIpc) is 2.98. The van der Waals surface area contributed by atoms with Crippen LogP contribution in [0.2, 0.25) is 0 Å². The van der Waals surface area contributed by atoms with Crippen molar-refractivity contribution < 1.29 is 14.3 Å². The van der Waals surface area contributed by atoms with E-state index in [9.17, 15) is 4.79 Å². The predicted molar refractivity (Wildman–Crippen MR) is 102 cm³/mol. The Hall–Kier alpha value is -2.12. The summed E-state index contributed by atoms with van der Waals surface area (Å²) in [5.74, 6) is 1.24. The first-order valence-electron chi connectivity index (χ1n) is 8.68. The first-order valence-corrected chi connectivity index (χ1v) is 9.50. The third-order valence-corrected chi connectivity index (χ3v) is 5.78. The van der Waals surface area contributed by atoms with Crippen molar-refractivity contribution >= 4 is 17.2 Å². The number of hydrogen-bond acceptors (Lipinski definition) is 6. The van der Waals surface area contributed by atoms with Gasteiger partial charge in [-0.2, -0.15) is 0 Å². The highest BCUT2D eigenvalue weighted by atomic mass is 32.1. The second kappa shape index (κ2) is 8.05. The SMILES string of the molecule is COc1ccc(C(=O)N2CCN(Cc3nc(C)c(C)s3)CC2)cc1OC. The quantitative estimate of drug-likeness (QED) is 0.804. The summed E-state index contributed by atoms with van der Waals surface area (Å²) < 4.78 is 10.5. The zero-order valence-electron chi connectivity index (χ0n) is 15.7. The molecule has 7 heteroatoms. The van der Waals surface area contributed by atoms with Gasteiger partial charge in [0.15, 0.2) is 11.5 Å². The van der Waals surface area contributed by atoms with Crippen LogP contribution in [0.3, 0.4) is 0 Å². The van der Waals surface area contributed by atoms with E-state index in [1.807, 2.05) is 4.90 Å². The van der Waals surface area contributed by atoms with E-state index in [2.05, 4.69) is 23.7 Å². The maximum absolute atomic E-state index is 12.8. The molecule has 0 atom stereocenters. The molecule has 3 rings (SSSR count). The maximum Gasteiger partial charge on any atom is 0.254 e. The van der Waals surface area contributed by atoms with E-state index in [1.54, 1.807) is 43.8 Å². The van der Waals surface area contributed by atoms with E-state index in [-0.39, 0.29) is 5.91 Å². The summed E-state index contributed by atoms with van der Waals surface area (Å²) in [5.41, 5.74) is 1.74. The van der Waals surface area contributed by atoms with E-state index in [0.29, 0.717) is 17.1 Å². The number of thiazole rings is 1. The van der Waals surface area contributed by atoms with E-state index in [4.69, 9.17) is 9.47 Å². The van der Waals surface area contributed by atoms with Gasteiger partial charge >= 0.3 is 0 Å². The molecule has 2 heterocycles. The summed E-state index contributed by atoms with van der Waals surface area (Å²) in [6.45, 7) is 8.17. The molecule has 1 aliphatic rings. The normalized spacial score (nSPS) is 15.2. The van der Waals surface area contributed by atoms with Crippen LogP contribution in [-0.4, -0.2) is 61.1 Å². The lowest BCUT2D eigenvalue weighted by Gasteiger charge is -2.34. The molecular weight excluding hydrogens is 350 g/mol. The lowest BCUT2D eigenvalue weighted by molar-refractivity contribution is 0.0628. The number of aryl methyl sites for hydroxylation is 2. The molecule has 0 unspecified atom stereocenters. The van der Waals surface area contributed by atoms with Crippen LogP contribution in [0.4, 0.5) is 0 Å². The zero-order chi connectivity index (χ0) is 18.7. The predicted octanol–water partition coefficient (Wildman–Crippen LogP) is 2.74. The zero-order valence-corrected chi connectivity index (χ0v) is 16.6. The van der Waals surface area contributed by atoms with Gasteiger partial charge in [0, 0.05) is 36.6 Å². The Morgan fingerprint density at radius 3 is 2.38 bits per heavy atom. The van der Waals surface area contributed by atoms with Gasteiger partial charge in [-0.15, -0.1) is 11.3 Å². The van der Waals surface area contributed by atoms with Crippen molar-refractivity contribution in [3.63, 3.8) is 0 Å². The minimum atomic E-state index is 0.0338. The Morgan fingerprint density at radius 2 is 1.81 bits per heavy atom. The van der Waals surface area contributed by atoms with Crippen LogP contribution in [0.5, 0.6) is 11.5 Å². The largest absolute Gasteiger partial charge is 0.493 e. The number of benzene rings is 1.